The summed E-state index contributed by atoms with van der Waals surface area (Å²) in [5.74, 6) is 1.11. The van der Waals surface area contributed by atoms with Crippen LogP contribution in [-0.4, -0.2) is 18.7 Å². The summed E-state index contributed by atoms with van der Waals surface area (Å²) >= 11 is 0. The van der Waals surface area contributed by atoms with Gasteiger partial charge in [0.1, 0.15) is 11.9 Å². The van der Waals surface area contributed by atoms with Crippen LogP contribution in [0, 0.1) is 0 Å². The second kappa shape index (κ2) is 8.22. The molecule has 0 amide bonds. The van der Waals surface area contributed by atoms with Gasteiger partial charge >= 0.3 is 0 Å². The molecule has 1 saturated heterocycles. The van der Waals surface area contributed by atoms with Gasteiger partial charge in [-0.25, -0.2) is 0 Å². The van der Waals surface area contributed by atoms with Gasteiger partial charge in [0.05, 0.1) is 0 Å². The highest BCUT2D eigenvalue weighted by Crippen LogP contribution is 2.33. The van der Waals surface area contributed by atoms with Crippen LogP contribution in [-0.2, 0) is 13.0 Å². The first-order valence-electron chi connectivity index (χ1n) is 9.10. The largest absolute Gasteiger partial charge is 0.490 e. The summed E-state index contributed by atoms with van der Waals surface area (Å²) in [6.45, 7) is 4.11. The van der Waals surface area contributed by atoms with Crippen LogP contribution in [0.4, 0.5) is 0 Å². The summed E-state index contributed by atoms with van der Waals surface area (Å²) in [5, 5.41) is 7.48. The fourth-order valence-corrected chi connectivity index (χ4v) is 4.00. The molecule has 4 rings (SSSR count). The maximum Gasteiger partial charge on any atom is 0.127 e. The fraction of sp³-hybridized carbons (Fsp3) is 0.429. The first-order valence-corrected chi connectivity index (χ1v) is 9.10. The van der Waals surface area contributed by atoms with E-state index < -0.39 is 0 Å². The van der Waals surface area contributed by atoms with Crippen LogP contribution in [0.25, 0.3) is 0 Å². The number of hydrogen-bond acceptors (Lipinski definition) is 3. The van der Waals surface area contributed by atoms with Gasteiger partial charge in [0.25, 0.3) is 0 Å². The van der Waals surface area contributed by atoms with Crippen molar-refractivity contribution in [2.45, 2.75) is 50.9 Å². The molecule has 134 valence electrons. The molecule has 1 fully saturated rings. The number of halogens is 1. The Morgan fingerprint density at radius 3 is 2.80 bits per heavy atom. The molecule has 2 aromatic rings. The van der Waals surface area contributed by atoms with E-state index in [0.29, 0.717) is 18.2 Å². The predicted octanol–water partition coefficient (Wildman–Crippen LogP) is 4.01. The number of para-hydroxylation sites is 1. The number of fused-ring (bicyclic) bond motifs is 1. The molecular weight excluding hydrogens is 332 g/mol. The minimum absolute atomic E-state index is 0. The van der Waals surface area contributed by atoms with E-state index in [1.165, 1.54) is 29.5 Å². The summed E-state index contributed by atoms with van der Waals surface area (Å²) in [6.07, 6.45) is 3.76. The number of nitrogens with one attached hydrogen (secondary N) is 2. The van der Waals surface area contributed by atoms with Gasteiger partial charge in [-0.2, -0.15) is 0 Å². The van der Waals surface area contributed by atoms with Gasteiger partial charge in [0, 0.05) is 30.6 Å². The van der Waals surface area contributed by atoms with Crippen LogP contribution in [0.3, 0.4) is 0 Å². The summed E-state index contributed by atoms with van der Waals surface area (Å²) < 4.78 is 6.03. The molecule has 3 nitrogen and oxygen atoms in total. The van der Waals surface area contributed by atoms with E-state index in [9.17, 15) is 0 Å². The highest BCUT2D eigenvalue weighted by Gasteiger charge is 2.27. The lowest BCUT2D eigenvalue weighted by molar-refractivity contribution is 0.250. The van der Waals surface area contributed by atoms with Crippen molar-refractivity contribution in [3.63, 3.8) is 0 Å². The Balaban J connectivity index is 0.00000182. The van der Waals surface area contributed by atoms with E-state index in [2.05, 4.69) is 66.1 Å². The van der Waals surface area contributed by atoms with E-state index in [-0.39, 0.29) is 12.4 Å². The van der Waals surface area contributed by atoms with Crippen molar-refractivity contribution in [3.05, 3.63) is 65.2 Å². The molecule has 0 bridgehead atoms. The molecule has 0 aliphatic carbocycles. The Kier molecular flexibility index (Phi) is 6.00. The molecule has 2 N–H and O–H groups in total. The molecule has 0 radical (unpaired) electrons. The van der Waals surface area contributed by atoms with Gasteiger partial charge in [0.15, 0.2) is 0 Å². The lowest BCUT2D eigenvalue weighted by Crippen LogP contribution is -2.45. The molecular formula is C21H27ClN2O. The van der Waals surface area contributed by atoms with Gasteiger partial charge in [-0.05, 0) is 37.4 Å². The van der Waals surface area contributed by atoms with Crippen molar-refractivity contribution in [2.24, 2.45) is 0 Å². The molecule has 2 aliphatic rings. The summed E-state index contributed by atoms with van der Waals surface area (Å²) in [6, 6.07) is 18.2. The number of ether oxygens (including phenoxy) is 1. The first kappa shape index (κ1) is 18.2. The molecule has 1 unspecified atom stereocenters. The zero-order valence-corrected chi connectivity index (χ0v) is 15.5. The molecule has 3 atom stereocenters. The third-order valence-corrected chi connectivity index (χ3v) is 5.18. The summed E-state index contributed by atoms with van der Waals surface area (Å²) in [4.78, 5) is 0. The number of rotatable bonds is 4. The van der Waals surface area contributed by atoms with Crippen LogP contribution in [0.2, 0.25) is 0 Å². The van der Waals surface area contributed by atoms with Gasteiger partial charge in [-0.15, -0.1) is 12.4 Å². The standard InChI is InChI=1S/C21H26N2O.ClH/c1-15-13-17-9-5-10-18(21(17)24-15)14-23-19-11-6-12-22-20(19)16-7-3-2-4-8-16;/h2-5,7-10,15,19-20,22-23H,6,11-14H2,1H3;1H/t15?,19-,20-;/m0./s1. The second-order valence-electron chi connectivity index (χ2n) is 7.01. The Morgan fingerprint density at radius 2 is 1.96 bits per heavy atom. The minimum atomic E-state index is 0. The number of piperidine rings is 1. The van der Waals surface area contributed by atoms with Crippen LogP contribution in [0.5, 0.6) is 5.75 Å². The van der Waals surface area contributed by atoms with Crippen molar-refractivity contribution >= 4 is 12.4 Å². The van der Waals surface area contributed by atoms with Gasteiger partial charge in [0.2, 0.25) is 0 Å². The van der Waals surface area contributed by atoms with E-state index in [1.807, 2.05) is 0 Å². The Bertz CT molecular complexity index is 692. The van der Waals surface area contributed by atoms with Crippen LogP contribution in [0.15, 0.2) is 48.5 Å². The zero-order valence-electron chi connectivity index (χ0n) is 14.7. The third kappa shape index (κ3) is 4.00. The normalized spacial score (nSPS) is 24.9. The van der Waals surface area contributed by atoms with Crippen molar-refractivity contribution in [3.8, 4) is 5.75 Å². The van der Waals surface area contributed by atoms with Gasteiger partial charge in [-0.1, -0.05) is 48.5 Å². The van der Waals surface area contributed by atoms with Crippen LogP contribution >= 0.6 is 12.4 Å². The lowest BCUT2D eigenvalue weighted by Gasteiger charge is -2.34. The quantitative estimate of drug-likeness (QED) is 0.866. The zero-order chi connectivity index (χ0) is 16.4. The average Bonchev–Trinajstić information content (AvgIpc) is 3.02. The Morgan fingerprint density at radius 1 is 1.12 bits per heavy atom. The molecule has 2 heterocycles. The fourth-order valence-electron chi connectivity index (χ4n) is 4.00. The minimum Gasteiger partial charge on any atom is -0.490 e. The van der Waals surface area contributed by atoms with E-state index in [4.69, 9.17) is 4.74 Å². The highest BCUT2D eigenvalue weighted by atomic mass is 35.5. The van der Waals surface area contributed by atoms with E-state index in [0.717, 1.165) is 25.3 Å². The molecule has 25 heavy (non-hydrogen) atoms. The van der Waals surface area contributed by atoms with E-state index in [1.54, 1.807) is 0 Å². The second-order valence-corrected chi connectivity index (χ2v) is 7.01. The highest BCUT2D eigenvalue weighted by molar-refractivity contribution is 5.85. The Hall–Kier alpha value is -1.55. The maximum absolute atomic E-state index is 6.03. The topological polar surface area (TPSA) is 33.3 Å². The van der Waals surface area contributed by atoms with Crippen LogP contribution < -0.4 is 15.4 Å². The predicted molar refractivity (Wildman–Crippen MR) is 105 cm³/mol. The summed E-state index contributed by atoms with van der Waals surface area (Å²) in [5.41, 5.74) is 4.01. The molecule has 2 aliphatic heterocycles. The lowest BCUT2D eigenvalue weighted by atomic mass is 9.92. The SMILES string of the molecule is CC1Cc2cccc(CN[C@H]3CCCN[C@H]3c3ccccc3)c2O1.Cl. The monoisotopic (exact) mass is 358 g/mol. The van der Waals surface area contributed by atoms with Crippen molar-refractivity contribution in [1.29, 1.82) is 0 Å². The maximum atomic E-state index is 6.03. The van der Waals surface area contributed by atoms with Crippen molar-refractivity contribution < 1.29 is 4.74 Å². The molecule has 0 spiro atoms. The molecule has 2 aromatic carbocycles. The van der Waals surface area contributed by atoms with Crippen LogP contribution in [0.1, 0.15) is 42.5 Å². The van der Waals surface area contributed by atoms with Gasteiger partial charge in [-0.3, -0.25) is 0 Å². The first-order chi connectivity index (χ1) is 11.8. The average molecular weight is 359 g/mol. The third-order valence-electron chi connectivity index (χ3n) is 5.18. The molecule has 0 aromatic heterocycles. The smallest absolute Gasteiger partial charge is 0.127 e. The molecule has 0 saturated carbocycles. The van der Waals surface area contributed by atoms with E-state index >= 15 is 0 Å². The van der Waals surface area contributed by atoms with Crippen molar-refractivity contribution in [1.82, 2.24) is 10.6 Å². The number of benzene rings is 2. The van der Waals surface area contributed by atoms with Crippen molar-refractivity contribution in [2.75, 3.05) is 6.54 Å². The number of hydrogen-bond donors (Lipinski definition) is 2. The Labute approximate surface area is 156 Å². The van der Waals surface area contributed by atoms with Gasteiger partial charge < -0.3 is 15.4 Å². The molecule has 4 heteroatoms. The summed E-state index contributed by atoms with van der Waals surface area (Å²) in [7, 11) is 0.